The molecule has 19 heavy (non-hydrogen) atoms. The highest BCUT2D eigenvalue weighted by atomic mass is 16.1. The topological polar surface area (TPSA) is 17.1 Å². The number of benzene rings is 1. The molecule has 0 amide bonds. The first-order valence-electron chi connectivity index (χ1n) is 6.96. The molecule has 0 aliphatic carbocycles. The summed E-state index contributed by atoms with van der Waals surface area (Å²) in [4.78, 5) is 11.1. The third-order valence-electron chi connectivity index (χ3n) is 3.10. The second kappa shape index (κ2) is 8.47. The predicted molar refractivity (Wildman–Crippen MR) is 82.9 cm³/mol. The van der Waals surface area contributed by atoms with Gasteiger partial charge in [0, 0.05) is 0 Å². The van der Waals surface area contributed by atoms with Gasteiger partial charge in [-0.25, -0.2) is 0 Å². The molecule has 0 fully saturated rings. The fraction of sp³-hybridized carbons (Fsp3) is 0.389. The number of carbonyl (C=O) groups excluding carboxylic acids is 1. The van der Waals surface area contributed by atoms with Gasteiger partial charge in [0.05, 0.1) is 0 Å². The van der Waals surface area contributed by atoms with Gasteiger partial charge in [-0.1, -0.05) is 48.9 Å². The lowest BCUT2D eigenvalue weighted by Gasteiger charge is -2.10. The van der Waals surface area contributed by atoms with Crippen LogP contribution in [0, 0.1) is 5.92 Å². The van der Waals surface area contributed by atoms with Crippen molar-refractivity contribution in [1.82, 2.24) is 0 Å². The van der Waals surface area contributed by atoms with Crippen molar-refractivity contribution in [2.45, 2.75) is 40.0 Å². The van der Waals surface area contributed by atoms with Crippen molar-refractivity contribution >= 4 is 12.4 Å². The predicted octanol–water partition coefficient (Wildman–Crippen LogP) is 5.04. The molecule has 0 aliphatic rings. The molecule has 1 nitrogen and oxygen atoms in total. The van der Waals surface area contributed by atoms with E-state index in [1.165, 1.54) is 5.57 Å². The van der Waals surface area contributed by atoms with Gasteiger partial charge in [-0.3, -0.25) is 4.79 Å². The monoisotopic (exact) mass is 256 g/mol. The first-order valence-corrected chi connectivity index (χ1v) is 6.96. The van der Waals surface area contributed by atoms with E-state index in [-0.39, 0.29) is 0 Å². The van der Waals surface area contributed by atoms with Crippen LogP contribution in [0.25, 0.3) is 6.08 Å². The Morgan fingerprint density at radius 3 is 2.47 bits per heavy atom. The van der Waals surface area contributed by atoms with Crippen LogP contribution in [0.4, 0.5) is 0 Å². The molecular formula is C18H24O. The Bertz CT molecular complexity index is 436. The Labute approximate surface area is 117 Å². The molecule has 0 radical (unpaired) electrons. The van der Waals surface area contributed by atoms with Gasteiger partial charge in [0.1, 0.15) is 6.29 Å². The molecule has 1 unspecified atom stereocenters. The molecule has 0 saturated carbocycles. The number of aldehydes is 1. The SMILES string of the molecule is CC(C)=CCCC(C)C/C(C=O)=C\c1ccccc1. The lowest BCUT2D eigenvalue weighted by Crippen LogP contribution is -1.98. The zero-order chi connectivity index (χ0) is 14.1. The van der Waals surface area contributed by atoms with Gasteiger partial charge in [-0.2, -0.15) is 0 Å². The second-order valence-corrected chi connectivity index (χ2v) is 5.42. The van der Waals surface area contributed by atoms with E-state index in [9.17, 15) is 4.79 Å². The summed E-state index contributed by atoms with van der Waals surface area (Å²) in [5.74, 6) is 0.538. The third kappa shape index (κ3) is 6.76. The first kappa shape index (κ1) is 15.4. The summed E-state index contributed by atoms with van der Waals surface area (Å²) in [7, 11) is 0. The maximum atomic E-state index is 11.1. The Kier molecular flexibility index (Phi) is 6.88. The molecule has 1 rings (SSSR count). The smallest absolute Gasteiger partial charge is 0.146 e. The molecule has 1 atom stereocenters. The van der Waals surface area contributed by atoms with E-state index in [2.05, 4.69) is 26.8 Å². The van der Waals surface area contributed by atoms with Crippen molar-refractivity contribution in [3.8, 4) is 0 Å². The minimum absolute atomic E-state index is 0.538. The zero-order valence-electron chi connectivity index (χ0n) is 12.2. The van der Waals surface area contributed by atoms with Gasteiger partial charge >= 0.3 is 0 Å². The second-order valence-electron chi connectivity index (χ2n) is 5.42. The van der Waals surface area contributed by atoms with Crippen LogP contribution in [0.15, 0.2) is 47.6 Å². The van der Waals surface area contributed by atoms with E-state index in [0.717, 1.165) is 36.7 Å². The number of rotatable bonds is 7. The van der Waals surface area contributed by atoms with Gasteiger partial charge in [0.25, 0.3) is 0 Å². The van der Waals surface area contributed by atoms with Crippen molar-refractivity contribution < 1.29 is 4.79 Å². The van der Waals surface area contributed by atoms with Gasteiger partial charge in [-0.15, -0.1) is 0 Å². The molecule has 1 aromatic rings. The van der Waals surface area contributed by atoms with E-state index in [0.29, 0.717) is 5.92 Å². The van der Waals surface area contributed by atoms with Crippen molar-refractivity contribution in [3.05, 3.63) is 53.1 Å². The number of hydrogen-bond donors (Lipinski definition) is 0. The first-order chi connectivity index (χ1) is 9.11. The minimum Gasteiger partial charge on any atom is -0.298 e. The summed E-state index contributed by atoms with van der Waals surface area (Å²) in [5, 5.41) is 0. The van der Waals surface area contributed by atoms with Crippen LogP contribution >= 0.6 is 0 Å². The maximum Gasteiger partial charge on any atom is 0.146 e. The van der Waals surface area contributed by atoms with Crippen LogP contribution in [0.5, 0.6) is 0 Å². The molecule has 0 heterocycles. The highest BCUT2D eigenvalue weighted by Gasteiger charge is 2.05. The van der Waals surface area contributed by atoms with Crippen LogP contribution in [0.2, 0.25) is 0 Å². The molecule has 0 saturated heterocycles. The third-order valence-corrected chi connectivity index (χ3v) is 3.10. The fourth-order valence-electron chi connectivity index (χ4n) is 2.07. The van der Waals surface area contributed by atoms with E-state index < -0.39 is 0 Å². The molecule has 1 aromatic carbocycles. The molecular weight excluding hydrogens is 232 g/mol. The van der Waals surface area contributed by atoms with Gasteiger partial charge in [0.15, 0.2) is 0 Å². The molecule has 0 spiro atoms. The highest BCUT2D eigenvalue weighted by molar-refractivity contribution is 5.81. The van der Waals surface area contributed by atoms with Crippen LogP contribution in [-0.4, -0.2) is 6.29 Å². The lowest BCUT2D eigenvalue weighted by molar-refractivity contribution is -0.105. The molecule has 0 aliphatic heterocycles. The molecule has 0 bridgehead atoms. The van der Waals surface area contributed by atoms with E-state index >= 15 is 0 Å². The van der Waals surface area contributed by atoms with Crippen LogP contribution in [0.1, 0.15) is 45.6 Å². The molecule has 0 aromatic heterocycles. The van der Waals surface area contributed by atoms with Gasteiger partial charge < -0.3 is 0 Å². The van der Waals surface area contributed by atoms with Crippen molar-refractivity contribution in [2.24, 2.45) is 5.92 Å². The van der Waals surface area contributed by atoms with Crippen LogP contribution in [-0.2, 0) is 4.79 Å². The standard InChI is InChI=1S/C18H24O/c1-15(2)8-7-9-16(3)12-18(14-19)13-17-10-5-4-6-11-17/h4-6,8,10-11,13-14,16H,7,9,12H2,1-3H3/b18-13+. The van der Waals surface area contributed by atoms with Crippen molar-refractivity contribution in [3.63, 3.8) is 0 Å². The quantitative estimate of drug-likeness (QED) is 0.379. The number of allylic oxidation sites excluding steroid dienone is 3. The van der Waals surface area contributed by atoms with E-state index in [1.54, 1.807) is 0 Å². The van der Waals surface area contributed by atoms with Crippen LogP contribution in [0.3, 0.4) is 0 Å². The Hall–Kier alpha value is -1.63. The normalized spacial score (nSPS) is 12.9. The van der Waals surface area contributed by atoms with E-state index in [1.807, 2.05) is 36.4 Å². The summed E-state index contributed by atoms with van der Waals surface area (Å²) >= 11 is 0. The van der Waals surface area contributed by atoms with Crippen LogP contribution < -0.4 is 0 Å². The number of carbonyl (C=O) groups is 1. The Morgan fingerprint density at radius 1 is 1.21 bits per heavy atom. The van der Waals surface area contributed by atoms with Crippen molar-refractivity contribution in [2.75, 3.05) is 0 Å². The van der Waals surface area contributed by atoms with Gasteiger partial charge in [-0.05, 0) is 56.2 Å². The largest absolute Gasteiger partial charge is 0.298 e. The minimum atomic E-state index is 0.538. The summed E-state index contributed by atoms with van der Waals surface area (Å²) in [5.41, 5.74) is 3.35. The summed E-state index contributed by atoms with van der Waals surface area (Å²) in [6.07, 6.45) is 8.33. The molecule has 102 valence electrons. The zero-order valence-corrected chi connectivity index (χ0v) is 12.2. The summed E-state index contributed by atoms with van der Waals surface area (Å²) < 4.78 is 0. The summed E-state index contributed by atoms with van der Waals surface area (Å²) in [6, 6.07) is 10.0. The molecule has 1 heteroatoms. The maximum absolute atomic E-state index is 11.1. The molecule has 0 N–H and O–H groups in total. The lowest BCUT2D eigenvalue weighted by atomic mass is 9.95. The Morgan fingerprint density at radius 2 is 1.89 bits per heavy atom. The number of hydrogen-bond acceptors (Lipinski definition) is 1. The average Bonchev–Trinajstić information content (AvgIpc) is 2.38. The van der Waals surface area contributed by atoms with Crippen molar-refractivity contribution in [1.29, 1.82) is 0 Å². The highest BCUT2D eigenvalue weighted by Crippen LogP contribution is 2.18. The Balaban J connectivity index is 2.55. The van der Waals surface area contributed by atoms with E-state index in [4.69, 9.17) is 0 Å². The average molecular weight is 256 g/mol. The fourth-order valence-corrected chi connectivity index (χ4v) is 2.07. The summed E-state index contributed by atoms with van der Waals surface area (Å²) in [6.45, 7) is 6.45. The van der Waals surface area contributed by atoms with Gasteiger partial charge in [0.2, 0.25) is 0 Å².